The average Bonchev–Trinajstić information content (AvgIpc) is 2.42. The first-order valence-corrected chi connectivity index (χ1v) is 9.19. The fourth-order valence-electron chi connectivity index (χ4n) is 2.79. The van der Waals surface area contributed by atoms with E-state index in [0.717, 1.165) is 19.1 Å². The van der Waals surface area contributed by atoms with Crippen molar-refractivity contribution in [2.45, 2.75) is 77.0 Å². The molecular formula is C16H31BrO. The van der Waals surface area contributed by atoms with Gasteiger partial charge in [0.05, 0.1) is 0 Å². The number of hydrogen-bond donors (Lipinski definition) is 0. The standard InChI is InChI=1S/C16H31BrO/c17-13-9-4-2-1-3-5-10-14-18-15-16-11-7-6-8-12-16/h16H,1-15H2. The van der Waals surface area contributed by atoms with Gasteiger partial charge in [0, 0.05) is 18.5 Å². The van der Waals surface area contributed by atoms with Crippen molar-refractivity contribution in [2.24, 2.45) is 5.92 Å². The van der Waals surface area contributed by atoms with Gasteiger partial charge in [-0.15, -0.1) is 0 Å². The van der Waals surface area contributed by atoms with Gasteiger partial charge in [0.25, 0.3) is 0 Å². The molecule has 1 aliphatic rings. The molecule has 0 amide bonds. The molecule has 0 N–H and O–H groups in total. The van der Waals surface area contributed by atoms with E-state index in [4.69, 9.17) is 4.74 Å². The summed E-state index contributed by atoms with van der Waals surface area (Å²) in [5.74, 6) is 0.878. The number of alkyl halides is 1. The molecule has 108 valence electrons. The van der Waals surface area contributed by atoms with Gasteiger partial charge in [-0.05, 0) is 31.6 Å². The van der Waals surface area contributed by atoms with Gasteiger partial charge >= 0.3 is 0 Å². The molecule has 0 saturated heterocycles. The molecule has 0 radical (unpaired) electrons. The summed E-state index contributed by atoms with van der Waals surface area (Å²) in [5.41, 5.74) is 0. The molecule has 0 aromatic rings. The van der Waals surface area contributed by atoms with E-state index < -0.39 is 0 Å². The first-order chi connectivity index (χ1) is 8.93. The van der Waals surface area contributed by atoms with Crippen LogP contribution in [0.15, 0.2) is 0 Å². The van der Waals surface area contributed by atoms with Crippen LogP contribution in [0.5, 0.6) is 0 Å². The molecule has 0 spiro atoms. The van der Waals surface area contributed by atoms with Crippen molar-refractivity contribution >= 4 is 15.9 Å². The first kappa shape index (κ1) is 16.5. The maximum absolute atomic E-state index is 5.81. The lowest BCUT2D eigenvalue weighted by atomic mass is 9.90. The Balaban J connectivity index is 1.73. The van der Waals surface area contributed by atoms with Crippen molar-refractivity contribution in [1.82, 2.24) is 0 Å². The van der Waals surface area contributed by atoms with Crippen molar-refractivity contribution in [1.29, 1.82) is 0 Å². The van der Waals surface area contributed by atoms with E-state index in [9.17, 15) is 0 Å². The fourth-order valence-corrected chi connectivity index (χ4v) is 3.18. The highest BCUT2D eigenvalue weighted by Crippen LogP contribution is 2.23. The molecule has 0 bridgehead atoms. The van der Waals surface area contributed by atoms with Crippen LogP contribution in [0.3, 0.4) is 0 Å². The molecule has 0 atom stereocenters. The Morgan fingerprint density at radius 3 is 2.06 bits per heavy atom. The second-order valence-electron chi connectivity index (χ2n) is 5.74. The van der Waals surface area contributed by atoms with E-state index in [1.165, 1.54) is 82.4 Å². The van der Waals surface area contributed by atoms with Gasteiger partial charge in [0.1, 0.15) is 0 Å². The minimum absolute atomic E-state index is 0.878. The molecule has 0 heterocycles. The second-order valence-corrected chi connectivity index (χ2v) is 6.54. The quantitative estimate of drug-likeness (QED) is 0.350. The topological polar surface area (TPSA) is 9.23 Å². The number of halogens is 1. The summed E-state index contributed by atoms with van der Waals surface area (Å²) < 4.78 is 5.81. The number of ether oxygens (including phenoxy) is 1. The number of hydrogen-bond acceptors (Lipinski definition) is 1. The van der Waals surface area contributed by atoms with E-state index in [0.29, 0.717) is 0 Å². The normalized spacial score (nSPS) is 17.2. The van der Waals surface area contributed by atoms with Crippen LogP contribution in [0.25, 0.3) is 0 Å². The van der Waals surface area contributed by atoms with Gasteiger partial charge in [-0.2, -0.15) is 0 Å². The van der Waals surface area contributed by atoms with Crippen LogP contribution < -0.4 is 0 Å². The summed E-state index contributed by atoms with van der Waals surface area (Å²) in [5, 5.41) is 1.17. The molecule has 0 unspecified atom stereocenters. The Morgan fingerprint density at radius 2 is 1.39 bits per heavy atom. The lowest BCUT2D eigenvalue weighted by Gasteiger charge is -2.21. The van der Waals surface area contributed by atoms with Crippen molar-refractivity contribution < 1.29 is 4.74 Å². The Morgan fingerprint density at radius 1 is 0.778 bits per heavy atom. The highest BCUT2D eigenvalue weighted by molar-refractivity contribution is 9.09. The largest absolute Gasteiger partial charge is 0.381 e. The Labute approximate surface area is 122 Å². The average molecular weight is 319 g/mol. The summed E-state index contributed by atoms with van der Waals surface area (Å²) in [6.45, 7) is 2.03. The number of unbranched alkanes of at least 4 members (excludes halogenated alkanes) is 6. The maximum atomic E-state index is 5.81. The van der Waals surface area contributed by atoms with Gasteiger partial charge in [-0.1, -0.05) is 67.3 Å². The van der Waals surface area contributed by atoms with Crippen molar-refractivity contribution in [3.63, 3.8) is 0 Å². The van der Waals surface area contributed by atoms with Crippen molar-refractivity contribution in [3.05, 3.63) is 0 Å². The monoisotopic (exact) mass is 318 g/mol. The molecular weight excluding hydrogens is 288 g/mol. The molecule has 0 aromatic carbocycles. The summed E-state index contributed by atoms with van der Waals surface area (Å²) in [4.78, 5) is 0. The van der Waals surface area contributed by atoms with E-state index in [1.807, 2.05) is 0 Å². The third kappa shape index (κ3) is 9.38. The van der Waals surface area contributed by atoms with Crippen LogP contribution in [0.2, 0.25) is 0 Å². The highest BCUT2D eigenvalue weighted by atomic mass is 79.9. The summed E-state index contributed by atoms with van der Waals surface area (Å²) in [6, 6.07) is 0. The van der Waals surface area contributed by atoms with E-state index in [-0.39, 0.29) is 0 Å². The third-order valence-electron chi connectivity index (χ3n) is 4.00. The Bertz CT molecular complexity index is 166. The van der Waals surface area contributed by atoms with Crippen LogP contribution in [-0.4, -0.2) is 18.5 Å². The number of rotatable bonds is 11. The molecule has 1 rings (SSSR count). The predicted molar refractivity (Wildman–Crippen MR) is 83.5 cm³/mol. The molecule has 1 saturated carbocycles. The zero-order valence-electron chi connectivity index (χ0n) is 12.0. The van der Waals surface area contributed by atoms with Gasteiger partial charge in [0.15, 0.2) is 0 Å². The van der Waals surface area contributed by atoms with Crippen LogP contribution >= 0.6 is 15.9 Å². The minimum atomic E-state index is 0.878. The summed E-state index contributed by atoms with van der Waals surface area (Å²) >= 11 is 3.48. The molecule has 0 aromatic heterocycles. The molecule has 1 fully saturated rings. The fraction of sp³-hybridized carbons (Fsp3) is 1.00. The highest BCUT2D eigenvalue weighted by Gasteiger charge is 2.12. The summed E-state index contributed by atoms with van der Waals surface area (Å²) in [6.07, 6.45) is 16.7. The van der Waals surface area contributed by atoms with Gasteiger partial charge in [-0.25, -0.2) is 0 Å². The van der Waals surface area contributed by atoms with Gasteiger partial charge in [-0.3, -0.25) is 0 Å². The zero-order valence-corrected chi connectivity index (χ0v) is 13.6. The lowest BCUT2D eigenvalue weighted by molar-refractivity contribution is 0.0824. The minimum Gasteiger partial charge on any atom is -0.381 e. The molecule has 1 aliphatic carbocycles. The van der Waals surface area contributed by atoms with Crippen LogP contribution in [0.4, 0.5) is 0 Å². The SMILES string of the molecule is BrCCCCCCCCCOCC1CCCCC1. The maximum Gasteiger partial charge on any atom is 0.0494 e. The summed E-state index contributed by atoms with van der Waals surface area (Å²) in [7, 11) is 0. The van der Waals surface area contributed by atoms with E-state index in [2.05, 4.69) is 15.9 Å². The molecule has 1 nitrogen and oxygen atoms in total. The second kappa shape index (κ2) is 12.5. The molecule has 2 heteroatoms. The lowest BCUT2D eigenvalue weighted by Crippen LogP contribution is -2.13. The van der Waals surface area contributed by atoms with Crippen molar-refractivity contribution in [3.8, 4) is 0 Å². The van der Waals surface area contributed by atoms with Crippen LogP contribution in [0, 0.1) is 5.92 Å². The zero-order chi connectivity index (χ0) is 12.9. The van der Waals surface area contributed by atoms with Gasteiger partial charge < -0.3 is 4.74 Å². The Kier molecular flexibility index (Phi) is 11.4. The molecule has 18 heavy (non-hydrogen) atoms. The smallest absolute Gasteiger partial charge is 0.0494 e. The van der Waals surface area contributed by atoms with Crippen LogP contribution in [0.1, 0.15) is 77.0 Å². The van der Waals surface area contributed by atoms with Gasteiger partial charge in [0.2, 0.25) is 0 Å². The van der Waals surface area contributed by atoms with Crippen molar-refractivity contribution in [2.75, 3.05) is 18.5 Å². The molecule has 0 aliphatic heterocycles. The third-order valence-corrected chi connectivity index (χ3v) is 4.56. The Hall–Kier alpha value is 0.440. The van der Waals surface area contributed by atoms with E-state index >= 15 is 0 Å². The first-order valence-electron chi connectivity index (χ1n) is 8.07. The van der Waals surface area contributed by atoms with E-state index in [1.54, 1.807) is 0 Å². The predicted octanol–water partition coefficient (Wildman–Crippen LogP) is 5.71. The van der Waals surface area contributed by atoms with Crippen LogP contribution in [-0.2, 0) is 4.74 Å².